The Morgan fingerprint density at radius 3 is 2.00 bits per heavy atom. The highest BCUT2D eigenvalue weighted by Crippen LogP contribution is 2.45. The lowest BCUT2D eigenvalue weighted by Crippen LogP contribution is -2.55. The molecular weight excluding hydrogens is 378 g/mol. The van der Waals surface area contributed by atoms with Gasteiger partial charge in [0.05, 0.1) is 6.04 Å². The van der Waals surface area contributed by atoms with E-state index in [9.17, 15) is 15.0 Å². The standard InChI is InChI=1S/C21H21NO7/c23-20(24)22-8-2-1-3-19(22)21(25,13-4-6-15-17(9-13)28-11-26-15)14-5-7-16-18(10-14)29-12-27-16/h4-7,9-10,19,25H,1-3,8,11-12H2,(H,23,24). The van der Waals surface area contributed by atoms with Crippen LogP contribution in [0.5, 0.6) is 23.0 Å². The summed E-state index contributed by atoms with van der Waals surface area (Å²) in [5, 5.41) is 22.0. The SMILES string of the molecule is O=C(O)N1CCCCC1C(O)(c1ccc2c(c1)OCO2)c1ccc2c(c1)OCO2. The molecule has 0 bridgehead atoms. The van der Waals surface area contributed by atoms with Crippen LogP contribution in [-0.4, -0.2) is 47.4 Å². The highest BCUT2D eigenvalue weighted by atomic mass is 16.7. The van der Waals surface area contributed by atoms with E-state index in [-0.39, 0.29) is 13.6 Å². The van der Waals surface area contributed by atoms with Gasteiger partial charge < -0.3 is 34.1 Å². The monoisotopic (exact) mass is 399 g/mol. The van der Waals surface area contributed by atoms with Crippen molar-refractivity contribution in [2.24, 2.45) is 0 Å². The summed E-state index contributed by atoms with van der Waals surface area (Å²) >= 11 is 0. The van der Waals surface area contributed by atoms with Gasteiger partial charge in [-0.3, -0.25) is 0 Å². The molecule has 0 aliphatic carbocycles. The van der Waals surface area contributed by atoms with E-state index < -0.39 is 17.7 Å². The van der Waals surface area contributed by atoms with Gasteiger partial charge in [-0.25, -0.2) is 4.79 Å². The van der Waals surface area contributed by atoms with E-state index in [2.05, 4.69) is 0 Å². The van der Waals surface area contributed by atoms with E-state index in [1.165, 1.54) is 4.90 Å². The topological polar surface area (TPSA) is 97.7 Å². The molecular formula is C21H21NO7. The fraction of sp³-hybridized carbons (Fsp3) is 0.381. The number of aliphatic hydroxyl groups is 1. The minimum Gasteiger partial charge on any atom is -0.465 e. The van der Waals surface area contributed by atoms with E-state index in [4.69, 9.17) is 18.9 Å². The van der Waals surface area contributed by atoms with Gasteiger partial charge in [0.1, 0.15) is 5.60 Å². The molecule has 3 aliphatic rings. The Morgan fingerprint density at radius 2 is 1.45 bits per heavy atom. The van der Waals surface area contributed by atoms with Gasteiger partial charge in [-0.05, 0) is 54.7 Å². The van der Waals surface area contributed by atoms with E-state index in [1.54, 1.807) is 36.4 Å². The Bertz CT molecular complexity index is 903. The van der Waals surface area contributed by atoms with Gasteiger partial charge in [-0.2, -0.15) is 0 Å². The van der Waals surface area contributed by atoms with Crippen LogP contribution in [0.3, 0.4) is 0 Å². The van der Waals surface area contributed by atoms with Crippen LogP contribution in [0.4, 0.5) is 4.79 Å². The van der Waals surface area contributed by atoms with Crippen LogP contribution in [0, 0.1) is 0 Å². The van der Waals surface area contributed by atoms with E-state index >= 15 is 0 Å². The zero-order valence-corrected chi connectivity index (χ0v) is 15.7. The van der Waals surface area contributed by atoms with Gasteiger partial charge >= 0.3 is 6.09 Å². The van der Waals surface area contributed by atoms with Gasteiger partial charge in [0.25, 0.3) is 0 Å². The lowest BCUT2D eigenvalue weighted by molar-refractivity contribution is -0.0300. The number of rotatable bonds is 3. The lowest BCUT2D eigenvalue weighted by Gasteiger charge is -2.45. The maximum Gasteiger partial charge on any atom is 0.407 e. The number of ether oxygens (including phenoxy) is 4. The van der Waals surface area contributed by atoms with Crippen molar-refractivity contribution in [1.82, 2.24) is 4.90 Å². The molecule has 0 radical (unpaired) electrons. The molecule has 2 aromatic rings. The number of piperidine rings is 1. The van der Waals surface area contributed by atoms with E-state index in [1.807, 2.05) is 0 Å². The van der Waals surface area contributed by atoms with Crippen LogP contribution in [0.1, 0.15) is 30.4 Å². The third-order valence-electron chi connectivity index (χ3n) is 5.86. The fourth-order valence-corrected chi connectivity index (χ4v) is 4.41. The highest BCUT2D eigenvalue weighted by Gasteiger charge is 2.47. The molecule has 8 nitrogen and oxygen atoms in total. The molecule has 5 rings (SSSR count). The van der Waals surface area contributed by atoms with Crippen molar-refractivity contribution in [3.8, 4) is 23.0 Å². The van der Waals surface area contributed by atoms with Crippen LogP contribution in [-0.2, 0) is 5.60 Å². The molecule has 1 amide bonds. The number of amides is 1. The Labute approximate surface area is 167 Å². The number of nitrogens with zero attached hydrogens (tertiary/aromatic N) is 1. The third kappa shape index (κ3) is 2.82. The van der Waals surface area contributed by atoms with Crippen LogP contribution in [0.25, 0.3) is 0 Å². The molecule has 0 spiro atoms. The molecule has 0 aromatic heterocycles. The molecule has 1 saturated heterocycles. The van der Waals surface area contributed by atoms with Crippen LogP contribution in [0.2, 0.25) is 0 Å². The zero-order chi connectivity index (χ0) is 20.0. The number of fused-ring (bicyclic) bond motifs is 2. The summed E-state index contributed by atoms with van der Waals surface area (Å²) < 4.78 is 21.8. The molecule has 3 heterocycles. The number of likely N-dealkylation sites (tertiary alicyclic amines) is 1. The molecule has 8 heteroatoms. The second kappa shape index (κ2) is 6.73. The summed E-state index contributed by atoms with van der Waals surface area (Å²) in [5.74, 6) is 2.25. The molecule has 152 valence electrons. The summed E-state index contributed by atoms with van der Waals surface area (Å²) in [6.45, 7) is 0.606. The van der Waals surface area contributed by atoms with Crippen LogP contribution < -0.4 is 18.9 Å². The summed E-state index contributed by atoms with van der Waals surface area (Å²) in [6.07, 6.45) is 1.08. The maximum atomic E-state index is 12.2. The van der Waals surface area contributed by atoms with Gasteiger partial charge in [0, 0.05) is 6.54 Å². The summed E-state index contributed by atoms with van der Waals surface area (Å²) in [7, 11) is 0. The lowest BCUT2D eigenvalue weighted by atomic mass is 9.76. The minimum absolute atomic E-state index is 0.117. The smallest absolute Gasteiger partial charge is 0.407 e. The van der Waals surface area contributed by atoms with Crippen molar-refractivity contribution in [3.63, 3.8) is 0 Å². The van der Waals surface area contributed by atoms with Crippen molar-refractivity contribution in [2.75, 3.05) is 20.1 Å². The average molecular weight is 399 g/mol. The summed E-state index contributed by atoms with van der Waals surface area (Å²) in [6, 6.07) is 9.78. The average Bonchev–Trinajstić information content (AvgIpc) is 3.41. The van der Waals surface area contributed by atoms with Gasteiger partial charge in [0.15, 0.2) is 23.0 Å². The van der Waals surface area contributed by atoms with E-state index in [0.717, 1.165) is 12.8 Å². The normalized spacial score (nSPS) is 20.0. The second-order valence-corrected chi connectivity index (χ2v) is 7.39. The van der Waals surface area contributed by atoms with Crippen LogP contribution >= 0.6 is 0 Å². The number of carboxylic acid groups (broad SMARTS) is 1. The van der Waals surface area contributed by atoms with Crippen molar-refractivity contribution in [3.05, 3.63) is 47.5 Å². The first-order valence-corrected chi connectivity index (χ1v) is 9.59. The number of carbonyl (C=O) groups is 1. The Morgan fingerprint density at radius 1 is 0.897 bits per heavy atom. The minimum atomic E-state index is -1.60. The Balaban J connectivity index is 1.67. The Hall–Kier alpha value is -3.13. The van der Waals surface area contributed by atoms with Crippen molar-refractivity contribution >= 4 is 6.09 Å². The maximum absolute atomic E-state index is 12.2. The third-order valence-corrected chi connectivity index (χ3v) is 5.86. The molecule has 3 aliphatic heterocycles. The molecule has 0 saturated carbocycles. The second-order valence-electron chi connectivity index (χ2n) is 7.39. The number of benzene rings is 2. The first kappa shape index (κ1) is 17.9. The van der Waals surface area contributed by atoms with Crippen molar-refractivity contribution < 1.29 is 34.0 Å². The predicted octanol–water partition coefficient (Wildman–Crippen LogP) is 2.91. The van der Waals surface area contributed by atoms with Crippen molar-refractivity contribution in [2.45, 2.75) is 30.9 Å². The first-order valence-electron chi connectivity index (χ1n) is 9.59. The zero-order valence-electron chi connectivity index (χ0n) is 15.7. The van der Waals surface area contributed by atoms with Crippen molar-refractivity contribution in [1.29, 1.82) is 0 Å². The molecule has 1 atom stereocenters. The predicted molar refractivity (Wildman–Crippen MR) is 100 cm³/mol. The van der Waals surface area contributed by atoms with Crippen LogP contribution in [0.15, 0.2) is 36.4 Å². The fourth-order valence-electron chi connectivity index (χ4n) is 4.41. The molecule has 1 fully saturated rings. The highest BCUT2D eigenvalue weighted by molar-refractivity contribution is 5.66. The Kier molecular flexibility index (Phi) is 4.16. The number of hydrogen-bond donors (Lipinski definition) is 2. The molecule has 2 aromatic carbocycles. The largest absolute Gasteiger partial charge is 0.465 e. The molecule has 2 N–H and O–H groups in total. The number of hydrogen-bond acceptors (Lipinski definition) is 6. The molecule has 1 unspecified atom stereocenters. The van der Waals surface area contributed by atoms with Gasteiger partial charge in [0.2, 0.25) is 13.6 Å². The first-order chi connectivity index (χ1) is 14.1. The quantitative estimate of drug-likeness (QED) is 0.819. The van der Waals surface area contributed by atoms with E-state index in [0.29, 0.717) is 47.1 Å². The van der Waals surface area contributed by atoms with Gasteiger partial charge in [-0.15, -0.1) is 0 Å². The molecule has 29 heavy (non-hydrogen) atoms. The summed E-state index contributed by atoms with van der Waals surface area (Å²) in [5.41, 5.74) is -0.515. The summed E-state index contributed by atoms with van der Waals surface area (Å²) in [4.78, 5) is 13.3. The van der Waals surface area contributed by atoms with Gasteiger partial charge in [-0.1, -0.05) is 12.1 Å².